The third kappa shape index (κ3) is 2.92. The van der Waals surface area contributed by atoms with Crippen LogP contribution in [0, 0.1) is 0 Å². The van der Waals surface area contributed by atoms with Crippen LogP contribution >= 0.6 is 11.6 Å². The second-order valence-electron chi connectivity index (χ2n) is 3.10. The quantitative estimate of drug-likeness (QED) is 0.907. The van der Waals surface area contributed by atoms with Crippen LogP contribution in [-0.4, -0.2) is 21.0 Å². The highest BCUT2D eigenvalue weighted by atomic mass is 35.5. The zero-order valence-electron chi connectivity index (χ0n) is 8.50. The molecule has 5 nitrogen and oxygen atoms in total. The zero-order chi connectivity index (χ0) is 12.3. The summed E-state index contributed by atoms with van der Waals surface area (Å²) in [6, 6.07) is 6.74. The third-order valence-electron chi connectivity index (χ3n) is 1.87. The van der Waals surface area contributed by atoms with Crippen LogP contribution in [-0.2, 0) is 0 Å². The van der Waals surface area contributed by atoms with Crippen molar-refractivity contribution >= 4 is 17.6 Å². The Kier molecular flexibility index (Phi) is 3.20. The van der Waals surface area contributed by atoms with Crippen LogP contribution in [0.5, 0.6) is 11.5 Å². The van der Waals surface area contributed by atoms with Gasteiger partial charge in [0, 0.05) is 5.02 Å². The molecule has 86 valence electrons. The molecule has 0 amide bonds. The van der Waals surface area contributed by atoms with Crippen LogP contribution < -0.4 is 4.74 Å². The molecule has 2 rings (SSSR count). The monoisotopic (exact) mass is 250 g/mol. The van der Waals surface area contributed by atoms with Crippen LogP contribution in [0.3, 0.4) is 0 Å². The zero-order valence-corrected chi connectivity index (χ0v) is 9.26. The molecular formula is C11H7ClN2O3. The number of aromatic carboxylic acids is 1. The number of hydrogen-bond acceptors (Lipinski definition) is 4. The van der Waals surface area contributed by atoms with Gasteiger partial charge in [0.05, 0.1) is 12.4 Å². The number of ether oxygens (including phenoxy) is 1. The highest BCUT2D eigenvalue weighted by Gasteiger charge is 2.06. The second-order valence-corrected chi connectivity index (χ2v) is 3.54. The molecule has 0 radical (unpaired) electrons. The predicted octanol–water partition coefficient (Wildman–Crippen LogP) is 2.62. The minimum Gasteiger partial charge on any atom is -0.475 e. The Morgan fingerprint density at radius 1 is 1.12 bits per heavy atom. The number of nitrogens with zero attached hydrogens (tertiary/aromatic N) is 2. The highest BCUT2D eigenvalue weighted by molar-refractivity contribution is 6.30. The molecule has 1 N–H and O–H groups in total. The van der Waals surface area contributed by atoms with Crippen molar-refractivity contribution in [3.05, 3.63) is 47.5 Å². The third-order valence-corrected chi connectivity index (χ3v) is 2.12. The van der Waals surface area contributed by atoms with E-state index in [2.05, 4.69) is 9.97 Å². The number of carboxylic acid groups (broad SMARTS) is 1. The Hall–Kier alpha value is -2.14. The second kappa shape index (κ2) is 4.80. The van der Waals surface area contributed by atoms with Crippen LogP contribution in [0.15, 0.2) is 36.7 Å². The Bertz CT molecular complexity index is 525. The average Bonchev–Trinajstić information content (AvgIpc) is 2.33. The lowest BCUT2D eigenvalue weighted by Gasteiger charge is -2.04. The van der Waals surface area contributed by atoms with Crippen molar-refractivity contribution in [2.75, 3.05) is 0 Å². The average molecular weight is 251 g/mol. The maximum atomic E-state index is 10.5. The highest BCUT2D eigenvalue weighted by Crippen LogP contribution is 2.21. The fourth-order valence-electron chi connectivity index (χ4n) is 1.12. The van der Waals surface area contributed by atoms with E-state index in [0.29, 0.717) is 16.5 Å². The minimum absolute atomic E-state index is 0.270. The summed E-state index contributed by atoms with van der Waals surface area (Å²) in [5, 5.41) is 9.22. The Balaban J connectivity index is 2.13. The smallest absolute Gasteiger partial charge is 0.373 e. The summed E-state index contributed by atoms with van der Waals surface area (Å²) in [5.74, 6) is -0.519. The van der Waals surface area contributed by atoms with Gasteiger partial charge in [-0.2, -0.15) is 0 Å². The molecule has 6 heteroatoms. The lowest BCUT2D eigenvalue weighted by Crippen LogP contribution is -2.03. The summed E-state index contributed by atoms with van der Waals surface area (Å²) >= 11 is 5.72. The van der Waals surface area contributed by atoms with Crippen molar-refractivity contribution in [1.29, 1.82) is 0 Å². The molecule has 0 bridgehead atoms. The molecule has 0 fully saturated rings. The predicted molar refractivity (Wildman–Crippen MR) is 60.5 cm³/mol. The summed E-state index contributed by atoms with van der Waals surface area (Å²) < 4.78 is 5.39. The van der Waals surface area contributed by atoms with Gasteiger partial charge in [-0.15, -0.1) is 0 Å². The topological polar surface area (TPSA) is 72.3 Å². The first kappa shape index (κ1) is 11.3. The van der Waals surface area contributed by atoms with Crippen LogP contribution in [0.25, 0.3) is 0 Å². The van der Waals surface area contributed by atoms with E-state index in [1.165, 1.54) is 12.4 Å². The van der Waals surface area contributed by atoms with Crippen molar-refractivity contribution in [1.82, 2.24) is 9.97 Å². The molecule has 0 atom stereocenters. The SMILES string of the molecule is O=C(O)c1ncc(Oc2ccc(Cl)cc2)cn1. The van der Waals surface area contributed by atoms with E-state index < -0.39 is 5.97 Å². The number of carbonyl (C=O) groups is 1. The van der Waals surface area contributed by atoms with Crippen molar-refractivity contribution < 1.29 is 14.6 Å². The van der Waals surface area contributed by atoms with Gasteiger partial charge in [-0.3, -0.25) is 0 Å². The molecule has 0 saturated carbocycles. The molecule has 0 saturated heterocycles. The normalized spacial score (nSPS) is 9.94. The largest absolute Gasteiger partial charge is 0.475 e. The first-order valence-corrected chi connectivity index (χ1v) is 5.02. The van der Waals surface area contributed by atoms with Crippen molar-refractivity contribution in [3.8, 4) is 11.5 Å². The maximum Gasteiger partial charge on any atom is 0.373 e. The van der Waals surface area contributed by atoms with E-state index in [1.54, 1.807) is 24.3 Å². The molecule has 17 heavy (non-hydrogen) atoms. The fourth-order valence-corrected chi connectivity index (χ4v) is 1.24. The Morgan fingerprint density at radius 2 is 1.71 bits per heavy atom. The van der Waals surface area contributed by atoms with E-state index in [9.17, 15) is 4.79 Å². The molecule has 1 aromatic heterocycles. The summed E-state index contributed by atoms with van der Waals surface area (Å²) in [6.45, 7) is 0. The first-order chi connectivity index (χ1) is 8.15. The van der Waals surface area contributed by atoms with Gasteiger partial charge in [-0.25, -0.2) is 14.8 Å². The van der Waals surface area contributed by atoms with Gasteiger partial charge in [-0.05, 0) is 24.3 Å². The van der Waals surface area contributed by atoms with Gasteiger partial charge in [0.2, 0.25) is 5.82 Å². The van der Waals surface area contributed by atoms with E-state index in [-0.39, 0.29) is 5.82 Å². The minimum atomic E-state index is -1.18. The molecule has 0 spiro atoms. The van der Waals surface area contributed by atoms with Crippen molar-refractivity contribution in [2.45, 2.75) is 0 Å². The summed E-state index contributed by atoms with van der Waals surface area (Å²) in [6.07, 6.45) is 2.59. The molecule has 1 aromatic carbocycles. The van der Waals surface area contributed by atoms with Gasteiger partial charge in [0.15, 0.2) is 5.75 Å². The standard InChI is InChI=1S/C11H7ClN2O3/c12-7-1-3-8(4-2-7)17-9-5-13-10(11(15)16)14-6-9/h1-6H,(H,15,16). The molecule has 0 aliphatic carbocycles. The van der Waals surface area contributed by atoms with Gasteiger partial charge in [-0.1, -0.05) is 11.6 Å². The molecular weight excluding hydrogens is 244 g/mol. The summed E-state index contributed by atoms with van der Waals surface area (Å²) in [7, 11) is 0. The van der Waals surface area contributed by atoms with E-state index >= 15 is 0 Å². The molecule has 1 heterocycles. The van der Waals surface area contributed by atoms with E-state index in [1.807, 2.05) is 0 Å². The van der Waals surface area contributed by atoms with Crippen molar-refractivity contribution in [3.63, 3.8) is 0 Å². The lowest BCUT2D eigenvalue weighted by atomic mass is 10.3. The van der Waals surface area contributed by atoms with Gasteiger partial charge in [0.1, 0.15) is 5.75 Å². The number of aromatic nitrogens is 2. The Morgan fingerprint density at radius 3 is 2.24 bits per heavy atom. The summed E-state index contributed by atoms with van der Waals surface area (Å²) in [5.41, 5.74) is 0. The van der Waals surface area contributed by atoms with Gasteiger partial charge < -0.3 is 9.84 Å². The number of hydrogen-bond donors (Lipinski definition) is 1. The lowest BCUT2D eigenvalue weighted by molar-refractivity contribution is 0.0683. The van der Waals surface area contributed by atoms with E-state index in [4.69, 9.17) is 21.4 Å². The summed E-state index contributed by atoms with van der Waals surface area (Å²) in [4.78, 5) is 17.8. The number of rotatable bonds is 3. The molecule has 0 aliphatic rings. The number of carboxylic acids is 1. The number of halogens is 1. The molecule has 0 unspecified atom stereocenters. The van der Waals surface area contributed by atoms with Crippen molar-refractivity contribution in [2.24, 2.45) is 0 Å². The molecule has 2 aromatic rings. The fraction of sp³-hybridized carbons (Fsp3) is 0. The molecule has 0 aliphatic heterocycles. The van der Waals surface area contributed by atoms with Crippen LogP contribution in [0.1, 0.15) is 10.6 Å². The van der Waals surface area contributed by atoms with Crippen LogP contribution in [0.2, 0.25) is 5.02 Å². The maximum absolute atomic E-state index is 10.5. The van der Waals surface area contributed by atoms with Crippen LogP contribution in [0.4, 0.5) is 0 Å². The van der Waals surface area contributed by atoms with Gasteiger partial charge >= 0.3 is 5.97 Å². The van der Waals surface area contributed by atoms with Gasteiger partial charge in [0.25, 0.3) is 0 Å². The Labute approximate surface area is 102 Å². The van der Waals surface area contributed by atoms with E-state index in [0.717, 1.165) is 0 Å². The first-order valence-electron chi connectivity index (χ1n) is 4.64. The number of benzene rings is 1.